The van der Waals surface area contributed by atoms with Gasteiger partial charge in [-0.25, -0.2) is 0 Å². The van der Waals surface area contributed by atoms with Crippen molar-refractivity contribution in [3.63, 3.8) is 0 Å². The Kier molecular flexibility index (Phi) is 6.62. The van der Waals surface area contributed by atoms with Crippen LogP contribution in [0.3, 0.4) is 0 Å². The fourth-order valence-corrected chi connectivity index (χ4v) is 2.60. The lowest BCUT2D eigenvalue weighted by atomic mass is 10.1. The van der Waals surface area contributed by atoms with Crippen molar-refractivity contribution in [2.24, 2.45) is 0 Å². The molecule has 0 fully saturated rings. The van der Waals surface area contributed by atoms with E-state index >= 15 is 0 Å². The number of aryl methyl sites for hydroxylation is 2. The van der Waals surface area contributed by atoms with Gasteiger partial charge in [-0.05, 0) is 43.5 Å². The molecule has 25 heavy (non-hydrogen) atoms. The van der Waals surface area contributed by atoms with Crippen molar-refractivity contribution >= 4 is 23.2 Å². The van der Waals surface area contributed by atoms with E-state index in [2.05, 4.69) is 10.6 Å². The van der Waals surface area contributed by atoms with E-state index in [0.717, 1.165) is 16.7 Å². The number of nitriles is 1. The summed E-state index contributed by atoms with van der Waals surface area (Å²) in [6.07, 6.45) is 2.14. The number of rotatable bonds is 6. The van der Waals surface area contributed by atoms with Crippen LogP contribution in [0.2, 0.25) is 5.02 Å². The highest BCUT2D eigenvalue weighted by Gasteiger charge is 2.10. The Morgan fingerprint density at radius 1 is 1.24 bits per heavy atom. The van der Waals surface area contributed by atoms with E-state index < -0.39 is 5.91 Å². The van der Waals surface area contributed by atoms with Gasteiger partial charge in [-0.3, -0.25) is 4.79 Å². The molecule has 0 aliphatic carbocycles. The Morgan fingerprint density at radius 3 is 2.68 bits per heavy atom. The Hall–Kier alpha value is -2.77. The van der Waals surface area contributed by atoms with E-state index in [1.807, 2.05) is 62.4 Å². The molecule has 0 spiro atoms. The summed E-state index contributed by atoms with van der Waals surface area (Å²) in [5, 5.41) is 15.7. The van der Waals surface area contributed by atoms with Gasteiger partial charge in [0.1, 0.15) is 11.6 Å². The van der Waals surface area contributed by atoms with Gasteiger partial charge in [-0.1, -0.05) is 47.5 Å². The summed E-state index contributed by atoms with van der Waals surface area (Å²) in [5.41, 5.74) is 3.82. The molecule has 0 aliphatic rings. The van der Waals surface area contributed by atoms with Crippen molar-refractivity contribution in [2.45, 2.75) is 20.3 Å². The molecule has 128 valence electrons. The number of hydrogen-bond donors (Lipinski definition) is 2. The monoisotopic (exact) mass is 353 g/mol. The minimum Gasteiger partial charge on any atom is -0.389 e. The molecule has 0 aliphatic heterocycles. The van der Waals surface area contributed by atoms with Crippen LogP contribution >= 0.6 is 11.6 Å². The van der Waals surface area contributed by atoms with Crippen molar-refractivity contribution in [2.75, 3.05) is 11.9 Å². The molecule has 0 saturated heterocycles. The summed E-state index contributed by atoms with van der Waals surface area (Å²) < 4.78 is 0. The van der Waals surface area contributed by atoms with Crippen molar-refractivity contribution in [3.8, 4) is 6.07 Å². The molecule has 0 atom stereocenters. The lowest BCUT2D eigenvalue weighted by Crippen LogP contribution is -2.18. The molecular formula is C20H20ClN3O. The van der Waals surface area contributed by atoms with Gasteiger partial charge in [0, 0.05) is 23.5 Å². The second-order valence-corrected chi connectivity index (χ2v) is 6.15. The number of hydrogen-bond acceptors (Lipinski definition) is 3. The molecule has 0 aromatic heterocycles. The molecule has 5 heteroatoms. The van der Waals surface area contributed by atoms with Crippen LogP contribution in [-0.4, -0.2) is 12.5 Å². The first-order chi connectivity index (χ1) is 12.0. The van der Waals surface area contributed by atoms with Crippen molar-refractivity contribution < 1.29 is 4.79 Å². The van der Waals surface area contributed by atoms with Crippen LogP contribution in [0.1, 0.15) is 16.7 Å². The van der Waals surface area contributed by atoms with Crippen molar-refractivity contribution in [1.29, 1.82) is 5.26 Å². The Labute approximate surface area is 153 Å². The van der Waals surface area contributed by atoms with E-state index in [0.29, 0.717) is 23.7 Å². The number of anilines is 1. The standard InChI is InChI=1S/C20H20ClN3O/c1-14-7-8-19(15(2)11-14)24-20(25)17(12-22)13-23-10-9-16-5-3-4-6-18(16)21/h3-8,11,13,23H,9-10H2,1-2H3,(H,24,25)/b17-13-. The van der Waals surface area contributed by atoms with Crippen molar-refractivity contribution in [1.82, 2.24) is 5.32 Å². The second kappa shape index (κ2) is 8.91. The van der Waals surface area contributed by atoms with E-state index in [-0.39, 0.29) is 5.57 Å². The fourth-order valence-electron chi connectivity index (χ4n) is 2.37. The Bertz CT molecular complexity index is 837. The molecule has 0 unspecified atom stereocenters. The highest BCUT2D eigenvalue weighted by Crippen LogP contribution is 2.17. The molecule has 0 radical (unpaired) electrons. The van der Waals surface area contributed by atoms with Crippen LogP contribution in [-0.2, 0) is 11.2 Å². The largest absolute Gasteiger partial charge is 0.389 e. The first-order valence-electron chi connectivity index (χ1n) is 7.97. The molecule has 0 bridgehead atoms. The van der Waals surface area contributed by atoms with Gasteiger partial charge in [-0.15, -0.1) is 0 Å². The highest BCUT2D eigenvalue weighted by atomic mass is 35.5. The third kappa shape index (κ3) is 5.37. The molecule has 2 N–H and O–H groups in total. The number of amides is 1. The molecule has 4 nitrogen and oxygen atoms in total. The Balaban J connectivity index is 1.94. The molecule has 2 aromatic rings. The van der Waals surface area contributed by atoms with E-state index in [9.17, 15) is 10.1 Å². The first kappa shape index (κ1) is 18.6. The van der Waals surface area contributed by atoms with Gasteiger partial charge in [0.25, 0.3) is 5.91 Å². The van der Waals surface area contributed by atoms with Crippen LogP contribution in [0.15, 0.2) is 54.2 Å². The minimum atomic E-state index is -0.431. The molecule has 2 rings (SSSR count). The van der Waals surface area contributed by atoms with Gasteiger partial charge in [0.05, 0.1) is 0 Å². The smallest absolute Gasteiger partial charge is 0.267 e. The third-order valence-corrected chi connectivity index (χ3v) is 4.11. The van der Waals surface area contributed by atoms with E-state index in [4.69, 9.17) is 11.6 Å². The number of nitrogens with zero attached hydrogens (tertiary/aromatic N) is 1. The first-order valence-corrected chi connectivity index (χ1v) is 8.34. The van der Waals surface area contributed by atoms with Gasteiger partial charge in [0.2, 0.25) is 0 Å². The van der Waals surface area contributed by atoms with E-state index in [1.165, 1.54) is 6.20 Å². The van der Waals surface area contributed by atoms with Crippen LogP contribution in [0.5, 0.6) is 0 Å². The maximum Gasteiger partial charge on any atom is 0.267 e. The van der Waals surface area contributed by atoms with Crippen LogP contribution < -0.4 is 10.6 Å². The summed E-state index contributed by atoms with van der Waals surface area (Å²) in [5.74, 6) is -0.431. The zero-order valence-electron chi connectivity index (χ0n) is 14.3. The second-order valence-electron chi connectivity index (χ2n) is 5.74. The van der Waals surface area contributed by atoms with Crippen LogP contribution in [0.25, 0.3) is 0 Å². The molecular weight excluding hydrogens is 334 g/mol. The average molecular weight is 354 g/mol. The zero-order valence-corrected chi connectivity index (χ0v) is 15.0. The number of benzene rings is 2. The molecule has 2 aromatic carbocycles. The van der Waals surface area contributed by atoms with Gasteiger partial charge in [0.15, 0.2) is 0 Å². The lowest BCUT2D eigenvalue weighted by Gasteiger charge is -2.09. The molecule has 0 heterocycles. The third-order valence-electron chi connectivity index (χ3n) is 3.74. The predicted molar refractivity (Wildman–Crippen MR) is 101 cm³/mol. The van der Waals surface area contributed by atoms with Crippen LogP contribution in [0.4, 0.5) is 5.69 Å². The zero-order chi connectivity index (χ0) is 18.2. The maximum absolute atomic E-state index is 12.2. The molecule has 0 saturated carbocycles. The Morgan fingerprint density at radius 2 is 2.00 bits per heavy atom. The number of carbonyl (C=O) groups is 1. The summed E-state index contributed by atoms with van der Waals surface area (Å²) in [6.45, 7) is 4.48. The summed E-state index contributed by atoms with van der Waals surface area (Å²) in [7, 11) is 0. The minimum absolute atomic E-state index is 0.0270. The normalized spacial score (nSPS) is 10.9. The van der Waals surface area contributed by atoms with E-state index in [1.54, 1.807) is 0 Å². The average Bonchev–Trinajstić information content (AvgIpc) is 2.59. The summed E-state index contributed by atoms with van der Waals surface area (Å²) in [4.78, 5) is 12.2. The number of halogens is 1. The van der Waals surface area contributed by atoms with Gasteiger partial charge >= 0.3 is 0 Å². The van der Waals surface area contributed by atoms with Crippen molar-refractivity contribution in [3.05, 3.63) is 76.0 Å². The van der Waals surface area contributed by atoms with Crippen LogP contribution in [0, 0.1) is 25.2 Å². The maximum atomic E-state index is 12.2. The number of nitrogens with one attached hydrogen (secondary N) is 2. The number of carbonyl (C=O) groups excluding carboxylic acids is 1. The SMILES string of the molecule is Cc1ccc(NC(=O)/C(C#N)=C\NCCc2ccccc2Cl)c(C)c1. The predicted octanol–water partition coefficient (Wildman–Crippen LogP) is 4.14. The lowest BCUT2D eigenvalue weighted by molar-refractivity contribution is -0.112. The quantitative estimate of drug-likeness (QED) is 0.466. The van der Waals surface area contributed by atoms with Gasteiger partial charge < -0.3 is 10.6 Å². The topological polar surface area (TPSA) is 64.9 Å². The fraction of sp³-hybridized carbons (Fsp3) is 0.200. The summed E-state index contributed by atoms with van der Waals surface area (Å²) in [6, 6.07) is 15.2. The molecule has 1 amide bonds. The summed E-state index contributed by atoms with van der Waals surface area (Å²) >= 11 is 6.10. The van der Waals surface area contributed by atoms with Gasteiger partial charge in [-0.2, -0.15) is 5.26 Å². The highest BCUT2D eigenvalue weighted by molar-refractivity contribution is 6.31.